The van der Waals surface area contributed by atoms with Gasteiger partial charge in [0.15, 0.2) is 0 Å². The summed E-state index contributed by atoms with van der Waals surface area (Å²) in [5.74, 6) is -4.81. The largest absolute Gasteiger partial charge is 0.477 e. The lowest BCUT2D eigenvalue weighted by molar-refractivity contribution is -0.171. The van der Waals surface area contributed by atoms with Gasteiger partial charge < -0.3 is 25.8 Å². The molecule has 1 aromatic heterocycles. The summed E-state index contributed by atoms with van der Waals surface area (Å²) in [6.07, 6.45) is 6.08. The van der Waals surface area contributed by atoms with Crippen molar-refractivity contribution in [2.45, 2.75) is 67.7 Å². The number of hydroxylamine groups is 1. The van der Waals surface area contributed by atoms with Gasteiger partial charge in [-0.15, -0.1) is 16.9 Å². The van der Waals surface area contributed by atoms with Gasteiger partial charge in [-0.1, -0.05) is 81.1 Å². The third-order valence-electron chi connectivity index (χ3n) is 8.81. The highest BCUT2D eigenvalue weighted by Crippen LogP contribution is 2.46. The zero-order chi connectivity index (χ0) is 36.7. The maximum absolute atomic E-state index is 13.9. The summed E-state index contributed by atoms with van der Waals surface area (Å²) in [5, 5.41) is 35.9. The molecular formula is C31H40N10O8S2. The monoisotopic (exact) mass is 744 g/mol. The van der Waals surface area contributed by atoms with Crippen molar-refractivity contribution >= 4 is 59.2 Å². The van der Waals surface area contributed by atoms with Crippen molar-refractivity contribution in [3.8, 4) is 0 Å². The molecule has 3 atom stereocenters. The van der Waals surface area contributed by atoms with Crippen molar-refractivity contribution in [2.24, 2.45) is 7.05 Å². The molecular weight excluding hydrogens is 705 g/mol. The van der Waals surface area contributed by atoms with E-state index >= 15 is 0 Å². The number of rotatable bonds is 16. The molecule has 0 spiro atoms. The number of fused-ring (bicyclic) bond motifs is 1. The van der Waals surface area contributed by atoms with E-state index in [0.717, 1.165) is 60.1 Å². The molecule has 4 heterocycles. The number of aromatic nitrogens is 4. The number of hydrogen-bond donors (Lipinski definition) is 5. The van der Waals surface area contributed by atoms with E-state index in [0.29, 0.717) is 17.3 Å². The standard InChI is InChI=1S/C31H40N10O8S2/c1-3-4-5-6-7-11-14-39-15-16-40(25(44)24(39)43)29(48)32-21(19-12-9-8-10-13-19)23(42)33-31(35-49)27(47)41-22(26(45)46)20(17-50-28(31)41)18-51-30-34-36-37-38(30)2/h8-10,12-13,21,28,35,49H,3-7,11,14-18H2,1-2H3,(H,32,48)(H,33,42)(H,45,46)/t21?,28-,31+/m1/s1. The van der Waals surface area contributed by atoms with Gasteiger partial charge in [0.05, 0.1) is 0 Å². The number of tetrazole rings is 1. The number of carbonyl (C=O) groups is 6. The highest BCUT2D eigenvalue weighted by atomic mass is 32.2. The molecule has 6 amide bonds. The van der Waals surface area contributed by atoms with E-state index in [1.54, 1.807) is 37.4 Å². The highest BCUT2D eigenvalue weighted by molar-refractivity contribution is 8.01. The quantitative estimate of drug-likeness (QED) is 0.0400. The number of benzene rings is 1. The van der Waals surface area contributed by atoms with E-state index < -0.39 is 52.7 Å². The van der Waals surface area contributed by atoms with Crippen molar-refractivity contribution < 1.29 is 39.1 Å². The first-order valence-corrected chi connectivity index (χ1v) is 18.5. The molecule has 2 aromatic rings. The maximum Gasteiger partial charge on any atom is 0.352 e. The fourth-order valence-electron chi connectivity index (χ4n) is 6.05. The van der Waals surface area contributed by atoms with Crippen molar-refractivity contribution in [3.63, 3.8) is 0 Å². The minimum atomic E-state index is -2.15. The van der Waals surface area contributed by atoms with Crippen LogP contribution in [0.15, 0.2) is 46.8 Å². The molecule has 2 fully saturated rings. The number of β-lactam (4-membered cyclic amide) rings is 1. The van der Waals surface area contributed by atoms with Crippen LogP contribution in [0.1, 0.15) is 57.1 Å². The minimum Gasteiger partial charge on any atom is -0.477 e. The lowest BCUT2D eigenvalue weighted by Gasteiger charge is -2.56. The van der Waals surface area contributed by atoms with Gasteiger partial charge in [-0.25, -0.2) is 14.3 Å². The number of aryl methyl sites for hydroxylation is 1. The summed E-state index contributed by atoms with van der Waals surface area (Å²) in [7, 11) is 1.63. The number of nitrogens with one attached hydrogen (secondary N) is 3. The zero-order valence-corrected chi connectivity index (χ0v) is 29.7. The number of piperazine rings is 1. The second-order valence-corrected chi connectivity index (χ2v) is 14.2. The van der Waals surface area contributed by atoms with E-state index in [-0.39, 0.29) is 35.9 Å². The Hall–Kier alpha value is -4.53. The van der Waals surface area contributed by atoms with Crippen LogP contribution in [0.4, 0.5) is 4.79 Å². The second-order valence-electron chi connectivity index (χ2n) is 12.2. The molecule has 20 heteroatoms. The Labute approximate surface area is 301 Å². The number of urea groups is 1. The Morgan fingerprint density at radius 1 is 1.06 bits per heavy atom. The lowest BCUT2D eigenvalue weighted by atomic mass is 9.94. The summed E-state index contributed by atoms with van der Waals surface area (Å²) < 4.78 is 1.42. The van der Waals surface area contributed by atoms with Gasteiger partial charge in [0.1, 0.15) is 17.1 Å². The molecule has 0 bridgehead atoms. The molecule has 1 unspecified atom stereocenters. The number of carboxylic acids is 1. The number of hydrogen-bond acceptors (Lipinski definition) is 13. The number of nitrogens with zero attached hydrogens (tertiary/aromatic N) is 7. The summed E-state index contributed by atoms with van der Waals surface area (Å²) in [4.78, 5) is 82.5. The van der Waals surface area contributed by atoms with Crippen molar-refractivity contribution in [2.75, 3.05) is 31.1 Å². The SMILES string of the molecule is CCCCCCCCN1CCN(C(=O)NC(C(=O)N[C@]2(NO)C(=O)N3C(C(=O)O)=C(CSc4nnnn4C)CS[C@@H]32)c2ccccc2)C(=O)C1=O. The average molecular weight is 745 g/mol. The Morgan fingerprint density at radius 2 is 1.78 bits per heavy atom. The van der Waals surface area contributed by atoms with Gasteiger partial charge in [0, 0.05) is 38.2 Å². The van der Waals surface area contributed by atoms with E-state index in [1.807, 2.05) is 5.48 Å². The molecule has 51 heavy (non-hydrogen) atoms. The lowest BCUT2D eigenvalue weighted by Crippen LogP contribution is -2.85. The van der Waals surface area contributed by atoms with Gasteiger partial charge >= 0.3 is 23.8 Å². The van der Waals surface area contributed by atoms with E-state index in [1.165, 1.54) is 21.3 Å². The molecule has 0 radical (unpaired) electrons. The Morgan fingerprint density at radius 3 is 2.45 bits per heavy atom. The number of carbonyl (C=O) groups excluding carboxylic acids is 5. The average Bonchev–Trinajstić information content (AvgIpc) is 3.55. The topological polar surface area (TPSA) is 232 Å². The Bertz CT molecular complexity index is 1690. The fraction of sp³-hybridized carbons (Fsp3) is 0.516. The molecule has 0 saturated carbocycles. The van der Waals surface area contributed by atoms with E-state index in [4.69, 9.17) is 0 Å². The van der Waals surface area contributed by atoms with Gasteiger partial charge in [0.2, 0.25) is 16.7 Å². The van der Waals surface area contributed by atoms with Crippen LogP contribution in [-0.2, 0) is 31.0 Å². The van der Waals surface area contributed by atoms with Gasteiger partial charge in [-0.3, -0.25) is 29.0 Å². The molecule has 5 N–H and O–H groups in total. The molecule has 5 rings (SSSR count). The molecule has 1 aromatic carbocycles. The molecule has 3 aliphatic heterocycles. The van der Waals surface area contributed by atoms with Crippen LogP contribution in [0.25, 0.3) is 0 Å². The number of amides is 6. The number of imide groups is 1. The van der Waals surface area contributed by atoms with Gasteiger partial charge in [-0.05, 0) is 28.0 Å². The van der Waals surface area contributed by atoms with E-state index in [2.05, 4.69) is 33.1 Å². The Balaban J connectivity index is 1.28. The first-order chi connectivity index (χ1) is 24.5. The number of aliphatic carboxylic acids is 1. The molecule has 2 saturated heterocycles. The van der Waals surface area contributed by atoms with Crippen molar-refractivity contribution in [3.05, 3.63) is 47.2 Å². The van der Waals surface area contributed by atoms with Crippen LogP contribution < -0.4 is 16.1 Å². The predicted octanol–water partition coefficient (Wildman–Crippen LogP) is 0.830. The molecule has 18 nitrogen and oxygen atoms in total. The summed E-state index contributed by atoms with van der Waals surface area (Å²) in [5.41, 5.74) is 0.119. The summed E-state index contributed by atoms with van der Waals surface area (Å²) in [6, 6.07) is 5.53. The third kappa shape index (κ3) is 7.87. The second kappa shape index (κ2) is 16.7. The van der Waals surface area contributed by atoms with Crippen LogP contribution in [-0.4, -0.2) is 123 Å². The number of unbranched alkanes of at least 4 members (excludes halogenated alkanes) is 5. The number of carboxylic acid groups (broad SMARTS) is 1. The highest BCUT2D eigenvalue weighted by Gasteiger charge is 2.66. The zero-order valence-electron chi connectivity index (χ0n) is 28.1. The fourth-order valence-corrected chi connectivity index (χ4v) is 8.45. The van der Waals surface area contributed by atoms with Gasteiger partial charge in [-0.2, -0.15) is 5.48 Å². The summed E-state index contributed by atoms with van der Waals surface area (Å²) >= 11 is 2.29. The molecule has 0 aliphatic carbocycles. The maximum atomic E-state index is 13.9. The van der Waals surface area contributed by atoms with Crippen molar-refractivity contribution in [1.82, 2.24) is 51.0 Å². The van der Waals surface area contributed by atoms with Gasteiger partial charge in [0.25, 0.3) is 5.91 Å². The molecule has 3 aliphatic rings. The predicted molar refractivity (Wildman–Crippen MR) is 182 cm³/mol. The van der Waals surface area contributed by atoms with Crippen LogP contribution in [0.5, 0.6) is 0 Å². The van der Waals surface area contributed by atoms with Crippen molar-refractivity contribution in [1.29, 1.82) is 0 Å². The molecule has 274 valence electrons. The minimum absolute atomic E-state index is 0.0816. The first kappa shape index (κ1) is 37.7. The Kier molecular flexibility index (Phi) is 12.3. The third-order valence-corrected chi connectivity index (χ3v) is 11.3. The normalized spacial score (nSPS) is 21.0. The van der Waals surface area contributed by atoms with E-state index in [9.17, 15) is 39.1 Å². The van der Waals surface area contributed by atoms with Crippen LogP contribution >= 0.6 is 23.5 Å². The smallest absolute Gasteiger partial charge is 0.352 e. The van der Waals surface area contributed by atoms with Crippen LogP contribution in [0.2, 0.25) is 0 Å². The number of thioether (sulfide) groups is 2. The van der Waals surface area contributed by atoms with Crippen LogP contribution in [0.3, 0.4) is 0 Å². The summed E-state index contributed by atoms with van der Waals surface area (Å²) in [6.45, 7) is 2.59. The van der Waals surface area contributed by atoms with Crippen LogP contribution in [0, 0.1) is 0 Å². The first-order valence-electron chi connectivity index (χ1n) is 16.5.